The van der Waals surface area contributed by atoms with E-state index in [-0.39, 0.29) is 10.9 Å². The van der Waals surface area contributed by atoms with Crippen LogP contribution in [0.1, 0.15) is 12.8 Å². The normalized spacial score (nSPS) is 15.9. The molecular weight excluding hydrogens is 324 g/mol. The fourth-order valence-corrected chi connectivity index (χ4v) is 3.72. The van der Waals surface area contributed by atoms with Gasteiger partial charge in [-0.1, -0.05) is 0 Å². The van der Waals surface area contributed by atoms with Crippen molar-refractivity contribution < 1.29 is 18.3 Å². The van der Waals surface area contributed by atoms with Crippen LogP contribution < -0.4 is 0 Å². The molecule has 98 valence electrons. The molecule has 0 spiro atoms. The lowest BCUT2D eigenvalue weighted by Crippen LogP contribution is -2.37. The molecule has 1 aliphatic rings. The van der Waals surface area contributed by atoms with Crippen LogP contribution in [0, 0.1) is 0 Å². The highest BCUT2D eigenvalue weighted by Gasteiger charge is 2.39. The Labute approximate surface area is 113 Å². The number of hydrogen-bond donors (Lipinski definition) is 1. The maximum atomic E-state index is 12.3. The molecule has 8 heteroatoms. The summed E-state index contributed by atoms with van der Waals surface area (Å²) < 4.78 is 26.2. The second-order valence-corrected chi connectivity index (χ2v) is 6.82. The quantitative estimate of drug-likeness (QED) is 0.870. The van der Waals surface area contributed by atoms with E-state index in [0.29, 0.717) is 17.3 Å². The summed E-state index contributed by atoms with van der Waals surface area (Å²) in [5.41, 5.74) is 0. The number of carboxylic acid groups (broad SMARTS) is 1. The number of pyridine rings is 1. The zero-order valence-electron chi connectivity index (χ0n) is 9.28. The van der Waals surface area contributed by atoms with Crippen LogP contribution in [0.25, 0.3) is 0 Å². The van der Waals surface area contributed by atoms with Gasteiger partial charge in [0.05, 0.1) is 0 Å². The number of carboxylic acids is 1. The highest BCUT2D eigenvalue weighted by atomic mass is 79.9. The maximum absolute atomic E-state index is 12.3. The first-order chi connectivity index (χ1) is 8.41. The molecule has 1 saturated carbocycles. The van der Waals surface area contributed by atoms with Gasteiger partial charge < -0.3 is 5.11 Å². The minimum atomic E-state index is -3.80. The predicted octanol–water partition coefficient (Wildman–Crippen LogP) is 1.08. The summed E-state index contributed by atoms with van der Waals surface area (Å²) in [4.78, 5) is 14.6. The third-order valence-corrected chi connectivity index (χ3v) is 4.83. The van der Waals surface area contributed by atoms with Crippen LogP contribution in [-0.2, 0) is 14.8 Å². The molecule has 0 atom stereocenters. The van der Waals surface area contributed by atoms with Gasteiger partial charge in [-0.05, 0) is 34.8 Å². The first-order valence-corrected chi connectivity index (χ1v) is 7.49. The first-order valence-electron chi connectivity index (χ1n) is 5.25. The van der Waals surface area contributed by atoms with Crippen molar-refractivity contribution in [3.63, 3.8) is 0 Å². The van der Waals surface area contributed by atoms with E-state index in [1.54, 1.807) is 0 Å². The van der Waals surface area contributed by atoms with Crippen LogP contribution in [0.2, 0.25) is 0 Å². The van der Waals surface area contributed by atoms with Gasteiger partial charge in [-0.15, -0.1) is 0 Å². The molecule has 0 saturated heterocycles. The van der Waals surface area contributed by atoms with Crippen LogP contribution in [0.15, 0.2) is 27.8 Å². The average Bonchev–Trinajstić information content (AvgIpc) is 3.09. The van der Waals surface area contributed by atoms with Crippen LogP contribution in [-0.4, -0.2) is 41.4 Å². The van der Waals surface area contributed by atoms with Crippen molar-refractivity contribution >= 4 is 31.9 Å². The minimum Gasteiger partial charge on any atom is -0.480 e. The Hall–Kier alpha value is -0.990. The molecule has 1 N–H and O–H groups in total. The Kier molecular flexibility index (Phi) is 3.69. The molecule has 0 aliphatic heterocycles. The van der Waals surface area contributed by atoms with Gasteiger partial charge in [-0.3, -0.25) is 9.78 Å². The van der Waals surface area contributed by atoms with Gasteiger partial charge in [0.1, 0.15) is 11.4 Å². The lowest BCUT2D eigenvalue weighted by molar-refractivity contribution is -0.137. The zero-order chi connectivity index (χ0) is 13.3. The van der Waals surface area contributed by atoms with Crippen LogP contribution in [0.3, 0.4) is 0 Å². The molecule has 0 aromatic carbocycles. The van der Waals surface area contributed by atoms with E-state index in [1.807, 2.05) is 0 Å². The lowest BCUT2D eigenvalue weighted by Gasteiger charge is -2.19. The molecule has 0 bridgehead atoms. The second-order valence-electron chi connectivity index (χ2n) is 4.01. The van der Waals surface area contributed by atoms with Gasteiger partial charge in [0.25, 0.3) is 0 Å². The van der Waals surface area contributed by atoms with Crippen molar-refractivity contribution in [1.29, 1.82) is 0 Å². The molecule has 0 amide bonds. The molecule has 2 rings (SSSR count). The number of sulfonamides is 1. The number of carbonyl (C=O) groups is 1. The molecule has 1 aliphatic carbocycles. The van der Waals surface area contributed by atoms with Gasteiger partial charge in [0.15, 0.2) is 0 Å². The molecule has 0 radical (unpaired) electrons. The summed E-state index contributed by atoms with van der Waals surface area (Å²) in [6.07, 6.45) is 4.09. The van der Waals surface area contributed by atoms with E-state index >= 15 is 0 Å². The number of halogens is 1. The van der Waals surface area contributed by atoms with E-state index in [9.17, 15) is 13.2 Å². The molecule has 0 unspecified atom stereocenters. The highest BCUT2D eigenvalue weighted by Crippen LogP contribution is 2.32. The molecule has 1 heterocycles. The predicted molar refractivity (Wildman–Crippen MR) is 66.5 cm³/mol. The molecule has 1 fully saturated rings. The first kappa shape index (κ1) is 13.4. The van der Waals surface area contributed by atoms with Gasteiger partial charge in [0.2, 0.25) is 10.0 Å². The minimum absolute atomic E-state index is 0.00465. The highest BCUT2D eigenvalue weighted by molar-refractivity contribution is 9.10. The fourth-order valence-electron chi connectivity index (χ4n) is 1.57. The summed E-state index contributed by atoms with van der Waals surface area (Å²) in [5, 5.41) is 8.79. The maximum Gasteiger partial charge on any atom is 0.318 e. The molecular formula is C10H11BrN2O4S. The standard InChI is InChI=1S/C10H11BrN2O4S/c11-7-3-9(5-12-4-7)18(16,17)13(6-10(14)15)8-1-2-8/h3-5,8H,1-2,6H2,(H,14,15). The van der Waals surface area contributed by atoms with Crippen molar-refractivity contribution in [2.24, 2.45) is 0 Å². The number of aliphatic carboxylic acids is 1. The summed E-state index contributed by atoms with van der Waals surface area (Å²) in [6, 6.07) is 1.21. The van der Waals surface area contributed by atoms with Crippen molar-refractivity contribution in [2.75, 3.05) is 6.54 Å². The van der Waals surface area contributed by atoms with Crippen molar-refractivity contribution in [3.8, 4) is 0 Å². The monoisotopic (exact) mass is 334 g/mol. The SMILES string of the molecule is O=C(O)CN(C1CC1)S(=O)(=O)c1cncc(Br)c1. The van der Waals surface area contributed by atoms with Gasteiger partial charge >= 0.3 is 5.97 Å². The largest absolute Gasteiger partial charge is 0.480 e. The van der Waals surface area contributed by atoms with Crippen LogP contribution >= 0.6 is 15.9 Å². The van der Waals surface area contributed by atoms with E-state index in [2.05, 4.69) is 20.9 Å². The third kappa shape index (κ3) is 2.88. The molecule has 1 aromatic rings. The topological polar surface area (TPSA) is 87.6 Å². The van der Waals surface area contributed by atoms with Gasteiger partial charge in [-0.2, -0.15) is 4.31 Å². The second kappa shape index (κ2) is 4.94. The number of rotatable bonds is 5. The van der Waals surface area contributed by atoms with Crippen LogP contribution in [0.4, 0.5) is 0 Å². The number of hydrogen-bond acceptors (Lipinski definition) is 4. The summed E-state index contributed by atoms with van der Waals surface area (Å²) in [5.74, 6) is -1.16. The average molecular weight is 335 g/mol. The smallest absolute Gasteiger partial charge is 0.318 e. The Morgan fingerprint density at radius 1 is 1.50 bits per heavy atom. The lowest BCUT2D eigenvalue weighted by atomic mass is 10.5. The molecule has 6 nitrogen and oxygen atoms in total. The van der Waals surface area contributed by atoms with Crippen molar-refractivity contribution in [1.82, 2.24) is 9.29 Å². The Bertz CT molecular complexity index is 571. The third-order valence-electron chi connectivity index (χ3n) is 2.53. The Morgan fingerprint density at radius 2 is 2.17 bits per heavy atom. The van der Waals surface area contributed by atoms with Crippen molar-refractivity contribution in [3.05, 3.63) is 22.9 Å². The van der Waals surface area contributed by atoms with Gasteiger partial charge in [0, 0.05) is 22.9 Å². The van der Waals surface area contributed by atoms with Crippen LogP contribution in [0.5, 0.6) is 0 Å². The van der Waals surface area contributed by atoms with E-state index in [1.165, 1.54) is 18.5 Å². The summed E-state index contributed by atoms with van der Waals surface area (Å²) in [7, 11) is -3.80. The van der Waals surface area contributed by atoms with Crippen molar-refractivity contribution in [2.45, 2.75) is 23.8 Å². The Morgan fingerprint density at radius 3 is 2.67 bits per heavy atom. The van der Waals surface area contributed by atoms with E-state index < -0.39 is 22.5 Å². The van der Waals surface area contributed by atoms with E-state index in [4.69, 9.17) is 5.11 Å². The number of aromatic nitrogens is 1. The summed E-state index contributed by atoms with van der Waals surface area (Å²) in [6.45, 7) is -0.514. The van der Waals surface area contributed by atoms with Gasteiger partial charge in [-0.25, -0.2) is 8.42 Å². The zero-order valence-corrected chi connectivity index (χ0v) is 11.7. The summed E-state index contributed by atoms with van der Waals surface area (Å²) >= 11 is 3.15. The number of nitrogens with zero attached hydrogens (tertiary/aromatic N) is 2. The fraction of sp³-hybridized carbons (Fsp3) is 0.400. The Balaban J connectivity index is 2.36. The molecule has 1 aromatic heterocycles. The molecule has 18 heavy (non-hydrogen) atoms. The van der Waals surface area contributed by atoms with E-state index in [0.717, 1.165) is 4.31 Å².